The van der Waals surface area contributed by atoms with Crippen molar-refractivity contribution < 1.29 is 28.6 Å². The normalized spacial score (nSPS) is 12.8. The van der Waals surface area contributed by atoms with Crippen molar-refractivity contribution in [2.75, 3.05) is 13.2 Å². The molecule has 0 N–H and O–H groups in total. The van der Waals surface area contributed by atoms with Crippen molar-refractivity contribution in [3.05, 3.63) is 97.2 Å². The molecule has 0 aliphatic carbocycles. The maximum absolute atomic E-state index is 12.8. The molecule has 6 nitrogen and oxygen atoms in total. The Kier molecular flexibility index (Phi) is 57.8. The third kappa shape index (κ3) is 59.1. The summed E-state index contributed by atoms with van der Waals surface area (Å²) in [6.45, 7) is 6.43. The van der Waals surface area contributed by atoms with Crippen LogP contribution < -0.4 is 0 Å². The second-order valence-electron chi connectivity index (χ2n) is 20.2. The minimum atomic E-state index is -0.776. The molecule has 0 saturated heterocycles. The summed E-state index contributed by atoms with van der Waals surface area (Å²) in [5, 5.41) is 0. The summed E-state index contributed by atoms with van der Waals surface area (Å²) in [5.41, 5.74) is 0. The van der Waals surface area contributed by atoms with Crippen LogP contribution in [0.15, 0.2) is 97.2 Å². The van der Waals surface area contributed by atoms with Gasteiger partial charge in [-0.05, 0) is 103 Å². The molecular weight excluding hydrogens is 901 g/mol. The van der Waals surface area contributed by atoms with Crippen LogP contribution in [-0.4, -0.2) is 37.2 Å². The maximum Gasteiger partial charge on any atom is 0.306 e. The Morgan fingerprint density at radius 3 is 0.863 bits per heavy atom. The molecule has 0 saturated carbocycles. The molecule has 0 aliphatic rings. The van der Waals surface area contributed by atoms with Gasteiger partial charge in [-0.2, -0.15) is 0 Å². The van der Waals surface area contributed by atoms with E-state index in [1.807, 2.05) is 0 Å². The maximum atomic E-state index is 12.8. The monoisotopic (exact) mass is 1010 g/mol. The summed E-state index contributed by atoms with van der Waals surface area (Å²) >= 11 is 0. The van der Waals surface area contributed by atoms with Crippen molar-refractivity contribution in [3.8, 4) is 0 Å². The molecule has 0 aromatic heterocycles. The Hall–Kier alpha value is -3.67. The van der Waals surface area contributed by atoms with Gasteiger partial charge in [-0.25, -0.2) is 0 Å². The number of unbranched alkanes of at least 4 members (excludes halogenated alkanes) is 28. The molecule has 6 heteroatoms. The summed E-state index contributed by atoms with van der Waals surface area (Å²) in [5.74, 6) is -0.893. The van der Waals surface area contributed by atoms with Crippen LogP contribution in [0.3, 0.4) is 0 Å². The molecule has 1 atom stereocenters. The Balaban J connectivity index is 4.04. The fourth-order valence-electron chi connectivity index (χ4n) is 8.48. The Morgan fingerprint density at radius 1 is 0.288 bits per heavy atom. The first-order chi connectivity index (χ1) is 36.0. The van der Waals surface area contributed by atoms with Crippen molar-refractivity contribution in [1.29, 1.82) is 0 Å². The standard InChI is InChI=1S/C67H114O6/c1-4-7-10-13-15-17-19-21-23-25-27-28-29-30-31-32-33-34-35-36-37-38-40-41-43-45-47-49-51-54-57-60-66(69)72-63-64(62-71-65(68)59-56-53-12-9-6-3)73-67(70)61-58-55-52-50-48-46-44-42-39-26-24-22-20-18-16-14-11-8-5-2/h7,10,15-18,21-24,27-28,30-31,33-34,64H,4-6,8-9,11-14,19-20,25-26,29,32,35-63H2,1-3H3/b10-7-,17-15-,18-16-,23-21-,24-22-,28-27-,31-30-,34-33-. The number of esters is 3. The molecule has 0 radical (unpaired) electrons. The molecule has 0 aromatic rings. The minimum absolute atomic E-state index is 0.0787. The highest BCUT2D eigenvalue weighted by atomic mass is 16.6. The topological polar surface area (TPSA) is 78.9 Å². The highest BCUT2D eigenvalue weighted by Crippen LogP contribution is 2.16. The highest BCUT2D eigenvalue weighted by molar-refractivity contribution is 5.71. The molecule has 0 bridgehead atoms. The zero-order valence-corrected chi connectivity index (χ0v) is 47.9. The number of hydrogen-bond donors (Lipinski definition) is 0. The first-order valence-electron chi connectivity index (χ1n) is 30.7. The molecule has 0 amide bonds. The van der Waals surface area contributed by atoms with Crippen LogP contribution in [0.2, 0.25) is 0 Å². The molecule has 1 unspecified atom stereocenters. The Bertz CT molecular complexity index is 1440. The van der Waals surface area contributed by atoms with Gasteiger partial charge in [-0.15, -0.1) is 0 Å². The van der Waals surface area contributed by atoms with Crippen molar-refractivity contribution in [1.82, 2.24) is 0 Å². The second kappa shape index (κ2) is 60.9. The molecule has 0 spiro atoms. The minimum Gasteiger partial charge on any atom is -0.462 e. The van der Waals surface area contributed by atoms with E-state index in [9.17, 15) is 14.4 Å². The van der Waals surface area contributed by atoms with E-state index < -0.39 is 6.10 Å². The second-order valence-corrected chi connectivity index (χ2v) is 20.2. The van der Waals surface area contributed by atoms with Gasteiger partial charge in [-0.1, -0.05) is 266 Å². The van der Waals surface area contributed by atoms with Gasteiger partial charge in [0.25, 0.3) is 0 Å². The number of rotatable bonds is 55. The van der Waals surface area contributed by atoms with Crippen LogP contribution >= 0.6 is 0 Å². The van der Waals surface area contributed by atoms with Gasteiger partial charge in [0.15, 0.2) is 6.10 Å². The van der Waals surface area contributed by atoms with E-state index in [2.05, 4.69) is 118 Å². The predicted octanol–water partition coefficient (Wildman–Crippen LogP) is 20.9. The summed E-state index contributed by atoms with van der Waals surface area (Å²) in [6.07, 6.45) is 81.7. The lowest BCUT2D eigenvalue weighted by molar-refractivity contribution is -0.167. The van der Waals surface area contributed by atoms with Crippen LogP contribution in [0, 0.1) is 0 Å². The van der Waals surface area contributed by atoms with Gasteiger partial charge in [0.2, 0.25) is 0 Å². The quantitative estimate of drug-likeness (QED) is 0.0261. The van der Waals surface area contributed by atoms with Gasteiger partial charge in [0.1, 0.15) is 13.2 Å². The lowest BCUT2D eigenvalue weighted by atomic mass is 10.0. The van der Waals surface area contributed by atoms with E-state index in [0.29, 0.717) is 19.3 Å². The summed E-state index contributed by atoms with van der Waals surface area (Å²) in [6, 6.07) is 0. The van der Waals surface area contributed by atoms with E-state index in [1.165, 1.54) is 141 Å². The van der Waals surface area contributed by atoms with Crippen LogP contribution in [-0.2, 0) is 28.6 Å². The lowest BCUT2D eigenvalue weighted by Crippen LogP contribution is -2.30. The van der Waals surface area contributed by atoms with E-state index in [4.69, 9.17) is 14.2 Å². The smallest absolute Gasteiger partial charge is 0.306 e. The van der Waals surface area contributed by atoms with E-state index in [-0.39, 0.29) is 31.1 Å². The number of carbonyl (C=O) groups excluding carboxylic acids is 3. The van der Waals surface area contributed by atoms with Crippen molar-refractivity contribution in [2.24, 2.45) is 0 Å². The summed E-state index contributed by atoms with van der Waals surface area (Å²) in [4.78, 5) is 37.9. The molecule has 0 rings (SSSR count). The molecule has 0 aromatic carbocycles. The van der Waals surface area contributed by atoms with Crippen molar-refractivity contribution in [2.45, 2.75) is 297 Å². The number of ether oxygens (including phenoxy) is 3. The average molecular weight is 1020 g/mol. The molecular formula is C67H114O6. The van der Waals surface area contributed by atoms with E-state index in [1.54, 1.807) is 0 Å². The van der Waals surface area contributed by atoms with E-state index in [0.717, 1.165) is 109 Å². The summed E-state index contributed by atoms with van der Waals surface area (Å²) < 4.78 is 16.7. The van der Waals surface area contributed by atoms with E-state index >= 15 is 0 Å². The molecule has 418 valence electrons. The number of allylic oxidation sites excluding steroid dienone is 16. The summed E-state index contributed by atoms with van der Waals surface area (Å²) in [7, 11) is 0. The molecule has 0 fully saturated rings. The van der Waals surface area contributed by atoms with Crippen LogP contribution in [0.1, 0.15) is 290 Å². The van der Waals surface area contributed by atoms with Gasteiger partial charge in [-0.3, -0.25) is 14.4 Å². The fraction of sp³-hybridized carbons (Fsp3) is 0.716. The van der Waals surface area contributed by atoms with Crippen LogP contribution in [0.25, 0.3) is 0 Å². The van der Waals surface area contributed by atoms with Crippen molar-refractivity contribution >= 4 is 17.9 Å². The zero-order chi connectivity index (χ0) is 52.9. The third-order valence-electron chi connectivity index (χ3n) is 13.1. The average Bonchev–Trinajstić information content (AvgIpc) is 3.39. The number of hydrogen-bond acceptors (Lipinski definition) is 6. The van der Waals surface area contributed by atoms with Crippen LogP contribution in [0.4, 0.5) is 0 Å². The lowest BCUT2D eigenvalue weighted by Gasteiger charge is -2.18. The zero-order valence-electron chi connectivity index (χ0n) is 47.9. The first-order valence-corrected chi connectivity index (χ1v) is 30.7. The highest BCUT2D eigenvalue weighted by Gasteiger charge is 2.19. The largest absolute Gasteiger partial charge is 0.462 e. The van der Waals surface area contributed by atoms with Gasteiger partial charge >= 0.3 is 17.9 Å². The van der Waals surface area contributed by atoms with Gasteiger partial charge in [0, 0.05) is 19.3 Å². The fourth-order valence-corrected chi connectivity index (χ4v) is 8.48. The van der Waals surface area contributed by atoms with Crippen molar-refractivity contribution in [3.63, 3.8) is 0 Å². The third-order valence-corrected chi connectivity index (χ3v) is 13.1. The van der Waals surface area contributed by atoms with Gasteiger partial charge < -0.3 is 14.2 Å². The Labute approximate surface area is 451 Å². The van der Waals surface area contributed by atoms with Crippen LogP contribution in [0.5, 0.6) is 0 Å². The van der Waals surface area contributed by atoms with Gasteiger partial charge in [0.05, 0.1) is 0 Å². The predicted molar refractivity (Wildman–Crippen MR) is 316 cm³/mol. The molecule has 0 aliphatic heterocycles. The first kappa shape index (κ1) is 69.3. The number of carbonyl (C=O) groups is 3. The molecule has 73 heavy (non-hydrogen) atoms. The SMILES string of the molecule is CC/C=C\C/C=C\C/C=C\C/C=C\C/C=C\C/C=C\CCCCCCCCCCCCCCC(=O)OCC(COC(=O)CCCCCCC)OC(=O)CCCCCCCCCCC/C=C\C/C=C\CCCCC. The Morgan fingerprint density at radius 2 is 0.534 bits per heavy atom. The molecule has 0 heterocycles.